The largest absolute Gasteiger partial charge is 0.264 e. The normalized spacial score (nSPS) is 10.9. The number of alkyl halides is 3. The van der Waals surface area contributed by atoms with Crippen molar-refractivity contribution in [3.63, 3.8) is 0 Å². The third kappa shape index (κ3) is 2.12. The van der Waals surface area contributed by atoms with Gasteiger partial charge in [-0.3, -0.25) is 0 Å². The molecule has 0 aliphatic rings. The van der Waals surface area contributed by atoms with Gasteiger partial charge in [0.05, 0.1) is 0 Å². The lowest BCUT2D eigenvalue weighted by Crippen LogP contribution is -2.00. The maximum atomic E-state index is 12.6. The number of nitrogens with zero attached hydrogens (tertiary/aromatic N) is 1. The summed E-state index contributed by atoms with van der Waals surface area (Å²) in [4.78, 5) is 3.40. The van der Waals surface area contributed by atoms with Crippen molar-refractivity contribution in [2.24, 2.45) is 0 Å². The van der Waals surface area contributed by atoms with E-state index in [0.717, 1.165) is 6.07 Å². The Morgan fingerprint density at radius 3 is 2.62 bits per heavy atom. The molecule has 0 atom stereocenters. The molecule has 0 saturated heterocycles. The lowest BCUT2D eigenvalue weighted by molar-refractivity contribution is 0.149. The van der Waals surface area contributed by atoms with Crippen molar-refractivity contribution in [3.05, 3.63) is 28.8 Å². The smallest absolute Gasteiger partial charge is 0.225 e. The molecule has 0 amide bonds. The highest BCUT2D eigenvalue weighted by Crippen LogP contribution is 2.26. The Hall–Kier alpha value is -0.770. The second-order valence-electron chi connectivity index (χ2n) is 2.53. The van der Waals surface area contributed by atoms with Gasteiger partial charge in [0, 0.05) is 23.2 Å². The number of rotatable bonds is 2. The molecule has 0 bridgehead atoms. The molecule has 1 aromatic heterocycles. The fraction of sp³-hybridized carbons (Fsp3) is 0.375. The van der Waals surface area contributed by atoms with Crippen molar-refractivity contribution < 1.29 is 13.2 Å². The van der Waals surface area contributed by atoms with Crippen LogP contribution in [0.1, 0.15) is 23.2 Å². The zero-order chi connectivity index (χ0) is 10.0. The first kappa shape index (κ1) is 10.3. The Bertz CT molecular complexity index is 315. The van der Waals surface area contributed by atoms with Crippen LogP contribution in [0.15, 0.2) is 6.07 Å². The lowest BCUT2D eigenvalue weighted by Gasteiger charge is -2.08. The van der Waals surface area contributed by atoms with Crippen LogP contribution >= 0.6 is 11.6 Å². The van der Waals surface area contributed by atoms with Gasteiger partial charge in [-0.05, 0) is 12.5 Å². The summed E-state index contributed by atoms with van der Waals surface area (Å²) in [6.45, 7) is 1.45. The summed E-state index contributed by atoms with van der Waals surface area (Å²) in [6, 6.07) is 0.718. The summed E-state index contributed by atoms with van der Waals surface area (Å²) in [5.74, 6) is -0.986. The van der Waals surface area contributed by atoms with Gasteiger partial charge < -0.3 is 0 Å². The van der Waals surface area contributed by atoms with Gasteiger partial charge in [-0.25, -0.2) is 13.8 Å². The van der Waals surface area contributed by atoms with Crippen molar-refractivity contribution in [1.29, 1.82) is 0 Å². The van der Waals surface area contributed by atoms with E-state index in [0.29, 0.717) is 0 Å². The number of hydrogen-bond donors (Lipinski definition) is 0. The van der Waals surface area contributed by atoms with E-state index >= 15 is 0 Å². The van der Waals surface area contributed by atoms with Crippen molar-refractivity contribution in [2.45, 2.75) is 19.2 Å². The Morgan fingerprint density at radius 1 is 1.54 bits per heavy atom. The van der Waals surface area contributed by atoms with Gasteiger partial charge in [0.15, 0.2) is 0 Å². The number of halogens is 4. The molecule has 0 fully saturated rings. The van der Waals surface area contributed by atoms with E-state index < -0.39 is 12.4 Å². The first-order valence-corrected chi connectivity index (χ1v) is 4.09. The first-order valence-electron chi connectivity index (χ1n) is 3.56. The third-order valence-corrected chi connectivity index (χ3v) is 1.97. The Kier molecular flexibility index (Phi) is 3.14. The maximum Gasteiger partial charge on any atom is 0.264 e. The van der Waals surface area contributed by atoms with Gasteiger partial charge in [0.25, 0.3) is 6.43 Å². The van der Waals surface area contributed by atoms with Crippen molar-refractivity contribution in [2.75, 3.05) is 0 Å². The molecule has 0 N–H and O–H groups in total. The maximum absolute atomic E-state index is 12.6. The molecule has 1 nitrogen and oxygen atoms in total. The summed E-state index contributed by atoms with van der Waals surface area (Å²) < 4.78 is 37.3. The fourth-order valence-corrected chi connectivity index (χ4v) is 1.40. The second-order valence-corrected chi connectivity index (χ2v) is 2.80. The molecule has 1 aromatic rings. The predicted octanol–water partition coefficient (Wildman–Crippen LogP) is 3.21. The summed E-state index contributed by atoms with van der Waals surface area (Å²) >= 11 is 5.44. The van der Waals surface area contributed by atoms with E-state index in [9.17, 15) is 13.2 Å². The average molecular weight is 210 g/mol. The highest BCUT2D eigenvalue weighted by molar-refractivity contribution is 6.17. The Balaban J connectivity index is 3.29. The van der Waals surface area contributed by atoms with Crippen molar-refractivity contribution in [1.82, 2.24) is 4.98 Å². The van der Waals surface area contributed by atoms with E-state index in [1.807, 2.05) is 0 Å². The van der Waals surface area contributed by atoms with Crippen molar-refractivity contribution >= 4 is 11.6 Å². The summed E-state index contributed by atoms with van der Waals surface area (Å²) in [5, 5.41) is 0. The molecule has 0 saturated carbocycles. The van der Waals surface area contributed by atoms with Crippen LogP contribution in [-0.4, -0.2) is 4.98 Å². The zero-order valence-electron chi connectivity index (χ0n) is 6.82. The molecule has 1 rings (SSSR count). The molecule has 0 aromatic carbocycles. The molecule has 0 radical (unpaired) electrons. The Labute approximate surface area is 78.5 Å². The molecule has 0 aliphatic carbocycles. The molecular formula is C8H7ClF3N. The molecule has 72 valence electrons. The molecule has 0 spiro atoms. The van der Waals surface area contributed by atoms with E-state index in [4.69, 9.17) is 11.6 Å². The SMILES string of the molecule is Cc1nc(F)cc(C(F)F)c1CCl. The van der Waals surface area contributed by atoms with E-state index in [-0.39, 0.29) is 22.7 Å². The van der Waals surface area contributed by atoms with Gasteiger partial charge in [-0.1, -0.05) is 0 Å². The minimum absolute atomic E-state index is 0.0845. The van der Waals surface area contributed by atoms with Gasteiger partial charge in [0.2, 0.25) is 5.95 Å². The molecule has 1 heterocycles. The van der Waals surface area contributed by atoms with Crippen LogP contribution in [0.2, 0.25) is 0 Å². The highest BCUT2D eigenvalue weighted by atomic mass is 35.5. The van der Waals surface area contributed by atoms with Crippen LogP contribution in [0.3, 0.4) is 0 Å². The minimum Gasteiger partial charge on any atom is -0.225 e. The van der Waals surface area contributed by atoms with E-state index in [1.54, 1.807) is 0 Å². The monoisotopic (exact) mass is 209 g/mol. The molecule has 5 heteroatoms. The molecule has 0 aliphatic heterocycles. The first-order chi connectivity index (χ1) is 6.06. The van der Waals surface area contributed by atoms with Gasteiger partial charge >= 0.3 is 0 Å². The standard InChI is InChI=1S/C8H7ClF3N/c1-4-6(3-9)5(8(11)12)2-7(10)13-4/h2,8H,3H2,1H3. The fourth-order valence-electron chi connectivity index (χ4n) is 1.05. The van der Waals surface area contributed by atoms with Gasteiger partial charge in [-0.2, -0.15) is 4.39 Å². The number of aromatic nitrogens is 1. The summed E-state index contributed by atoms with van der Waals surface area (Å²) in [5.41, 5.74) is 0.0448. The predicted molar refractivity (Wildman–Crippen MR) is 43.4 cm³/mol. The van der Waals surface area contributed by atoms with Crippen LogP contribution in [0.25, 0.3) is 0 Å². The van der Waals surface area contributed by atoms with E-state index in [2.05, 4.69) is 4.98 Å². The zero-order valence-corrected chi connectivity index (χ0v) is 7.58. The quantitative estimate of drug-likeness (QED) is 0.538. The number of pyridine rings is 1. The summed E-state index contributed by atoms with van der Waals surface area (Å²) in [6.07, 6.45) is -2.72. The highest BCUT2D eigenvalue weighted by Gasteiger charge is 2.16. The van der Waals surface area contributed by atoms with Crippen LogP contribution < -0.4 is 0 Å². The van der Waals surface area contributed by atoms with Gasteiger partial charge in [-0.15, -0.1) is 11.6 Å². The number of hydrogen-bond acceptors (Lipinski definition) is 1. The third-order valence-electron chi connectivity index (χ3n) is 1.70. The van der Waals surface area contributed by atoms with Crippen LogP contribution in [0.5, 0.6) is 0 Å². The Morgan fingerprint density at radius 2 is 2.15 bits per heavy atom. The van der Waals surface area contributed by atoms with Crippen LogP contribution in [0.4, 0.5) is 13.2 Å². The van der Waals surface area contributed by atoms with Crippen LogP contribution in [0, 0.1) is 12.9 Å². The number of aryl methyl sites for hydroxylation is 1. The molecule has 0 unspecified atom stereocenters. The van der Waals surface area contributed by atoms with Crippen molar-refractivity contribution in [3.8, 4) is 0 Å². The molecule has 13 heavy (non-hydrogen) atoms. The second kappa shape index (κ2) is 3.96. The average Bonchev–Trinajstić information content (AvgIpc) is 2.02. The lowest BCUT2D eigenvalue weighted by atomic mass is 10.1. The minimum atomic E-state index is -2.72. The van der Waals surface area contributed by atoms with Gasteiger partial charge in [0.1, 0.15) is 0 Å². The van der Waals surface area contributed by atoms with E-state index in [1.165, 1.54) is 6.92 Å². The summed E-state index contributed by atoms with van der Waals surface area (Å²) in [7, 11) is 0. The van der Waals surface area contributed by atoms with Crippen LogP contribution in [-0.2, 0) is 5.88 Å². The molecular weight excluding hydrogens is 203 g/mol. The topological polar surface area (TPSA) is 12.9 Å².